The van der Waals surface area contributed by atoms with Crippen LogP contribution in [0.1, 0.15) is 82.3 Å². The van der Waals surface area contributed by atoms with Crippen molar-refractivity contribution in [3.05, 3.63) is 72.1 Å². The number of thioether (sulfide) groups is 1. The second-order valence-corrected chi connectivity index (χ2v) is 22.1. The zero-order valence-electron chi connectivity index (χ0n) is 47.5. The first-order valence-corrected chi connectivity index (χ1v) is 29.4. The normalized spacial score (nSPS) is 17.2. The summed E-state index contributed by atoms with van der Waals surface area (Å²) >= 11 is 1.40. The van der Waals surface area contributed by atoms with Crippen LogP contribution >= 0.6 is 11.8 Å². The molecule has 0 radical (unpaired) electrons. The number of hydrogen-bond acceptors (Lipinski definition) is 15. The average Bonchev–Trinajstić information content (AvgIpc) is 2.41. The fraction of sp³-hybridized carbons (Fsp3) is 0.482. The number of H-pyrrole nitrogens is 2. The third-order valence-electron chi connectivity index (χ3n) is 14.9. The van der Waals surface area contributed by atoms with Gasteiger partial charge in [0.15, 0.2) is 0 Å². The van der Waals surface area contributed by atoms with E-state index in [0.29, 0.717) is 40.6 Å². The van der Waals surface area contributed by atoms with E-state index in [1.54, 1.807) is 49.0 Å². The summed E-state index contributed by atoms with van der Waals surface area (Å²) in [5.41, 5.74) is 19.4. The molecule has 2 aromatic heterocycles. The number of rotatable bonds is 32. The number of nitrogens with zero attached hydrogens (tertiary/aromatic N) is 2. The van der Waals surface area contributed by atoms with Crippen LogP contribution in [0.4, 0.5) is 0 Å². The van der Waals surface area contributed by atoms with Gasteiger partial charge in [0, 0.05) is 73.0 Å². The average molecular weight is 1220 g/mol. The number of para-hydroxylation sites is 2. The molecule has 2 aromatic carbocycles. The molecular weight excluding hydrogens is 1140 g/mol. The number of hydrogen-bond donors (Lipinski definition) is 14. The third-order valence-corrected chi connectivity index (χ3v) is 15.6. The molecule has 30 heteroatoms. The summed E-state index contributed by atoms with van der Waals surface area (Å²) in [4.78, 5) is 181. The Kier molecular flexibility index (Phi) is 24.0. The molecule has 2 aliphatic rings. The lowest BCUT2D eigenvalue weighted by Crippen LogP contribution is -2.59. The Hall–Kier alpha value is -9.06. The van der Waals surface area contributed by atoms with Crippen LogP contribution in [-0.2, 0) is 75.2 Å². The topological polar surface area (TPSA) is 463 Å². The highest BCUT2D eigenvalue weighted by Crippen LogP contribution is 2.24. The quantitative estimate of drug-likeness (QED) is 0.0243. The summed E-state index contributed by atoms with van der Waals surface area (Å²) in [6.07, 6.45) is 3.92. The number of primary amides is 2. The summed E-state index contributed by atoms with van der Waals surface area (Å²) in [5.74, 6) is -11.4. The highest BCUT2D eigenvalue weighted by Gasteiger charge is 2.41. The molecule has 2 saturated heterocycles. The Morgan fingerprint density at radius 2 is 1.08 bits per heavy atom. The molecule has 0 aliphatic carbocycles. The molecular formula is C56H74N14O15S. The molecule has 29 nitrogen and oxygen atoms in total. The smallest absolute Gasteiger partial charge is 0.326 e. The van der Waals surface area contributed by atoms with Crippen molar-refractivity contribution in [2.24, 2.45) is 17.2 Å². The highest BCUT2D eigenvalue weighted by atomic mass is 32.2. The number of nitrogens with one attached hydrogen (secondary N) is 9. The summed E-state index contributed by atoms with van der Waals surface area (Å²) in [6.45, 7) is 0.796. The number of carboxylic acid groups (broad SMARTS) is 2. The SMILES string of the molecule is CSCC[C@H](NC(=O)[C@@H](N)CCC(N)=O)C(=O)N[C@@H](Cc1c[nH]c2ccccc12)C(=O)N[C@@H](C)C(=O)N1CCC[C@H]1C(=O)N[C@@H](CCC(N)=O)C(=O)N[C@@H](Cc1c[nH]c2ccccc12)C(=O)NCC(=O)N1CCC[C@H]1C(=O)N[C@@H](CC(=O)O)C(=O)O. The van der Waals surface area contributed by atoms with Gasteiger partial charge in [0.25, 0.3) is 0 Å². The third kappa shape index (κ3) is 18.2. The number of carbonyl (C=O) groups excluding carboxylic acids is 11. The summed E-state index contributed by atoms with van der Waals surface area (Å²) in [6, 6.07) is 2.22. The van der Waals surface area contributed by atoms with Crippen molar-refractivity contribution in [3.63, 3.8) is 0 Å². The molecule has 11 amide bonds. The minimum atomic E-state index is -1.77. The molecule has 464 valence electrons. The largest absolute Gasteiger partial charge is 0.481 e. The van der Waals surface area contributed by atoms with Crippen LogP contribution in [0, 0.1) is 0 Å². The molecule has 0 bridgehead atoms. The van der Waals surface area contributed by atoms with Gasteiger partial charge >= 0.3 is 11.9 Å². The number of aromatic nitrogens is 2. The van der Waals surface area contributed by atoms with Crippen molar-refractivity contribution >= 4 is 110 Å². The fourth-order valence-electron chi connectivity index (χ4n) is 10.3. The van der Waals surface area contributed by atoms with Crippen LogP contribution in [0.15, 0.2) is 60.9 Å². The number of benzene rings is 2. The van der Waals surface area contributed by atoms with E-state index in [1.165, 1.54) is 23.6 Å². The predicted molar refractivity (Wildman–Crippen MR) is 311 cm³/mol. The van der Waals surface area contributed by atoms with Crippen LogP contribution in [0.2, 0.25) is 0 Å². The van der Waals surface area contributed by atoms with Gasteiger partial charge in [0.1, 0.15) is 48.3 Å². The lowest BCUT2D eigenvalue weighted by Gasteiger charge is -2.30. The Balaban J connectivity index is 1.16. The fourth-order valence-corrected chi connectivity index (χ4v) is 10.8. The lowest BCUT2D eigenvalue weighted by atomic mass is 10.0. The van der Waals surface area contributed by atoms with E-state index < -0.39 is 151 Å². The summed E-state index contributed by atoms with van der Waals surface area (Å²) < 4.78 is 0. The number of aliphatic carboxylic acids is 2. The molecule has 0 saturated carbocycles. The number of likely N-dealkylation sites (tertiary alicyclic amines) is 2. The van der Waals surface area contributed by atoms with Gasteiger partial charge in [-0.05, 0) is 87.1 Å². The second kappa shape index (κ2) is 31.2. The van der Waals surface area contributed by atoms with E-state index in [4.69, 9.17) is 22.3 Å². The molecule has 9 atom stereocenters. The minimum absolute atomic E-state index is 0.0468. The maximum atomic E-state index is 14.4. The van der Waals surface area contributed by atoms with Crippen molar-refractivity contribution in [3.8, 4) is 0 Å². The Labute approximate surface area is 497 Å². The van der Waals surface area contributed by atoms with E-state index in [9.17, 15) is 67.4 Å². The Morgan fingerprint density at radius 3 is 1.62 bits per heavy atom. The van der Waals surface area contributed by atoms with Gasteiger partial charge in [-0.25, -0.2) is 4.79 Å². The predicted octanol–water partition coefficient (Wildman–Crippen LogP) is -2.37. The maximum Gasteiger partial charge on any atom is 0.326 e. The molecule has 0 spiro atoms. The Morgan fingerprint density at radius 1 is 0.605 bits per heavy atom. The van der Waals surface area contributed by atoms with Crippen LogP contribution in [0.3, 0.4) is 0 Å². The van der Waals surface area contributed by atoms with Gasteiger partial charge < -0.3 is 84.4 Å². The van der Waals surface area contributed by atoms with E-state index in [2.05, 4.69) is 47.2 Å². The molecule has 4 aromatic rings. The molecule has 6 rings (SSSR count). The van der Waals surface area contributed by atoms with E-state index in [-0.39, 0.29) is 64.5 Å². The standard InChI is InChI=1S/C56H74N14O15S/c1-29(63-52(80)40(24-31-27-61-36-12-6-4-10-33(31)36)67-51(79)38(19-22-86-2)64-48(76)34(57)15-17-44(58)71)55(83)70-21-8-14-43(70)54(82)65-37(16-18-45(59)72)50(78)66-39(23-30-26-60-35-11-5-3-9-32(30)35)49(77)62-28-46(73)69-20-7-13-42(69)53(81)68-41(56(84)85)25-47(74)75/h3-6,9-12,26-27,29,34,37-43,60-61H,7-8,13-25,28,57H2,1-2H3,(H2,58,71)(H2,59,72)(H,62,77)(H,63,80)(H,64,76)(H,65,82)(H,66,78)(H,67,79)(H,68,81)(H,74,75)(H,84,85)/t29-,34-,37-,38-,39-,40-,41-,42-,43-/m0/s1. The van der Waals surface area contributed by atoms with Crippen molar-refractivity contribution in [1.82, 2.24) is 57.0 Å². The molecule has 0 unspecified atom stereocenters. The molecule has 86 heavy (non-hydrogen) atoms. The first kappa shape index (κ1) is 66.1. The highest BCUT2D eigenvalue weighted by molar-refractivity contribution is 7.98. The number of fused-ring (bicyclic) bond motifs is 2. The molecule has 17 N–H and O–H groups in total. The zero-order valence-corrected chi connectivity index (χ0v) is 48.3. The van der Waals surface area contributed by atoms with Crippen LogP contribution in [0.25, 0.3) is 21.8 Å². The Bertz CT molecular complexity index is 3190. The number of amides is 11. The van der Waals surface area contributed by atoms with Gasteiger partial charge in [-0.15, -0.1) is 0 Å². The van der Waals surface area contributed by atoms with E-state index in [1.807, 2.05) is 18.2 Å². The molecule has 2 aliphatic heterocycles. The number of nitrogens with two attached hydrogens (primary N) is 3. The van der Waals surface area contributed by atoms with Crippen LogP contribution in [-0.4, -0.2) is 193 Å². The van der Waals surface area contributed by atoms with Crippen LogP contribution < -0.4 is 54.4 Å². The molecule has 4 heterocycles. The number of carbonyl (C=O) groups is 13. The first-order valence-electron chi connectivity index (χ1n) is 28.0. The zero-order chi connectivity index (χ0) is 62.8. The van der Waals surface area contributed by atoms with E-state index in [0.717, 1.165) is 15.8 Å². The summed E-state index contributed by atoms with van der Waals surface area (Å²) in [7, 11) is 0. The van der Waals surface area contributed by atoms with Crippen LogP contribution in [0.5, 0.6) is 0 Å². The van der Waals surface area contributed by atoms with Crippen molar-refractivity contribution in [2.45, 2.75) is 138 Å². The summed E-state index contributed by atoms with van der Waals surface area (Å²) in [5, 5.41) is 38.0. The van der Waals surface area contributed by atoms with Gasteiger partial charge in [-0.1, -0.05) is 36.4 Å². The first-order chi connectivity index (χ1) is 40.9. The van der Waals surface area contributed by atoms with Gasteiger partial charge in [0.2, 0.25) is 65.0 Å². The van der Waals surface area contributed by atoms with Crippen molar-refractivity contribution < 1.29 is 72.5 Å². The second-order valence-electron chi connectivity index (χ2n) is 21.2. The number of aromatic amines is 2. The monoisotopic (exact) mass is 1210 g/mol. The lowest BCUT2D eigenvalue weighted by molar-refractivity contribution is -0.148. The molecule has 2 fully saturated rings. The van der Waals surface area contributed by atoms with Gasteiger partial charge in [-0.2, -0.15) is 11.8 Å². The van der Waals surface area contributed by atoms with Gasteiger partial charge in [-0.3, -0.25) is 57.5 Å². The maximum absolute atomic E-state index is 14.4. The number of carboxylic acids is 2. The van der Waals surface area contributed by atoms with Crippen molar-refractivity contribution in [2.75, 3.05) is 31.6 Å². The minimum Gasteiger partial charge on any atom is -0.481 e. The van der Waals surface area contributed by atoms with E-state index >= 15 is 0 Å². The van der Waals surface area contributed by atoms with Crippen molar-refractivity contribution in [1.29, 1.82) is 0 Å². The van der Waals surface area contributed by atoms with Gasteiger partial charge in [0.05, 0.1) is 19.0 Å².